The number of ether oxygens (including phenoxy) is 1. The second kappa shape index (κ2) is 8.62. The molecule has 5 nitrogen and oxygen atoms in total. The van der Waals surface area contributed by atoms with Crippen molar-refractivity contribution < 1.29 is 35.9 Å². The molecule has 0 radical (unpaired) electrons. The molecular weight excluding hydrogens is 464 g/mol. The van der Waals surface area contributed by atoms with Crippen LogP contribution in [0.5, 0.6) is 0 Å². The summed E-state index contributed by atoms with van der Waals surface area (Å²) in [5.41, 5.74) is -0.563. The zero-order valence-corrected chi connectivity index (χ0v) is 17.6. The number of halogens is 6. The lowest BCUT2D eigenvalue weighted by atomic mass is 10.00. The minimum Gasteiger partial charge on any atom is -0.456 e. The average Bonchev–Trinajstić information content (AvgIpc) is 2.77. The van der Waals surface area contributed by atoms with Crippen LogP contribution in [0.3, 0.4) is 0 Å². The Morgan fingerprint density at radius 1 is 0.853 bits per heavy atom. The first-order chi connectivity index (χ1) is 15.9. The number of carbonyl (C=O) groups is 1. The van der Waals surface area contributed by atoms with Gasteiger partial charge in [0, 0.05) is 31.0 Å². The maximum atomic E-state index is 13.0. The van der Waals surface area contributed by atoms with Crippen LogP contribution >= 0.6 is 0 Å². The first-order valence-corrected chi connectivity index (χ1v) is 10.1. The average molecular weight is 481 g/mol. The number of aromatic nitrogens is 2. The first-order valence-electron chi connectivity index (χ1n) is 10.1. The fourth-order valence-electron chi connectivity index (χ4n) is 3.61. The molecule has 0 amide bonds. The van der Waals surface area contributed by atoms with Crippen molar-refractivity contribution in [1.82, 2.24) is 9.97 Å². The minimum absolute atomic E-state index is 0.146. The van der Waals surface area contributed by atoms with E-state index in [1.54, 1.807) is 0 Å². The van der Waals surface area contributed by atoms with Gasteiger partial charge in [0.15, 0.2) is 5.82 Å². The largest absolute Gasteiger partial charge is 0.456 e. The van der Waals surface area contributed by atoms with Crippen LogP contribution < -0.4 is 5.32 Å². The molecule has 178 valence electrons. The molecule has 0 bridgehead atoms. The SMILES string of the molecule is CC(=O)OC1CCNc2nc(-c3ccc(C(F)(F)F)cc3)c(-c3ccc(C(F)(F)F)cc3)nc21. The monoisotopic (exact) mass is 481 g/mol. The van der Waals surface area contributed by atoms with Gasteiger partial charge in [-0.05, 0) is 24.3 Å². The van der Waals surface area contributed by atoms with E-state index in [0.29, 0.717) is 13.0 Å². The van der Waals surface area contributed by atoms with Crippen LogP contribution in [0.25, 0.3) is 22.5 Å². The van der Waals surface area contributed by atoms with Crippen molar-refractivity contribution in [1.29, 1.82) is 0 Å². The Balaban J connectivity index is 1.87. The molecule has 0 saturated heterocycles. The maximum absolute atomic E-state index is 13.0. The number of alkyl halides is 6. The molecule has 0 aliphatic carbocycles. The zero-order valence-electron chi connectivity index (χ0n) is 17.6. The van der Waals surface area contributed by atoms with E-state index in [2.05, 4.69) is 15.3 Å². The third-order valence-electron chi connectivity index (χ3n) is 5.21. The highest BCUT2D eigenvalue weighted by molar-refractivity contribution is 5.80. The number of anilines is 1. The van der Waals surface area contributed by atoms with Gasteiger partial charge < -0.3 is 10.1 Å². The summed E-state index contributed by atoms with van der Waals surface area (Å²) in [4.78, 5) is 20.6. The van der Waals surface area contributed by atoms with Crippen molar-refractivity contribution in [3.8, 4) is 22.5 Å². The molecule has 34 heavy (non-hydrogen) atoms. The van der Waals surface area contributed by atoms with Gasteiger partial charge in [-0.3, -0.25) is 4.79 Å². The molecule has 1 aliphatic rings. The molecular formula is C23H17F6N3O2. The Kier molecular flexibility index (Phi) is 5.96. The minimum atomic E-state index is -4.54. The second-order valence-electron chi connectivity index (χ2n) is 7.62. The number of hydrogen-bond donors (Lipinski definition) is 1. The Hall–Kier alpha value is -3.63. The van der Waals surface area contributed by atoms with Crippen LogP contribution in [-0.2, 0) is 21.9 Å². The summed E-state index contributed by atoms with van der Waals surface area (Å²) >= 11 is 0. The van der Waals surface area contributed by atoms with Gasteiger partial charge in [0.05, 0.1) is 22.5 Å². The van der Waals surface area contributed by atoms with Gasteiger partial charge in [0.2, 0.25) is 0 Å². The molecule has 1 unspecified atom stereocenters. The lowest BCUT2D eigenvalue weighted by molar-refractivity contribution is -0.147. The normalized spacial score (nSPS) is 15.9. The van der Waals surface area contributed by atoms with Gasteiger partial charge in [-0.15, -0.1) is 0 Å². The molecule has 0 spiro atoms. The van der Waals surface area contributed by atoms with Crippen molar-refractivity contribution in [3.05, 3.63) is 65.4 Å². The van der Waals surface area contributed by atoms with Crippen molar-refractivity contribution in [2.24, 2.45) is 0 Å². The van der Waals surface area contributed by atoms with Crippen molar-refractivity contribution in [2.75, 3.05) is 11.9 Å². The van der Waals surface area contributed by atoms with Crippen LogP contribution in [0.2, 0.25) is 0 Å². The van der Waals surface area contributed by atoms with E-state index in [0.717, 1.165) is 24.3 Å². The summed E-state index contributed by atoms with van der Waals surface area (Å²) in [7, 11) is 0. The number of rotatable bonds is 3. The number of fused-ring (bicyclic) bond motifs is 1. The fourth-order valence-corrected chi connectivity index (χ4v) is 3.61. The summed E-state index contributed by atoms with van der Waals surface area (Å²) in [5.74, 6) is -0.259. The number of esters is 1. The quantitative estimate of drug-likeness (QED) is 0.353. The number of nitrogens with zero attached hydrogens (tertiary/aromatic N) is 2. The van der Waals surface area contributed by atoms with Gasteiger partial charge >= 0.3 is 18.3 Å². The molecule has 4 rings (SSSR count). The molecule has 11 heteroatoms. The van der Waals surface area contributed by atoms with Crippen molar-refractivity contribution in [3.63, 3.8) is 0 Å². The molecule has 2 heterocycles. The van der Waals surface area contributed by atoms with E-state index in [1.807, 2.05) is 0 Å². The number of carbonyl (C=O) groups excluding carboxylic acids is 1. The highest BCUT2D eigenvalue weighted by atomic mass is 19.4. The predicted molar refractivity (Wildman–Crippen MR) is 111 cm³/mol. The van der Waals surface area contributed by atoms with Gasteiger partial charge in [-0.2, -0.15) is 26.3 Å². The highest BCUT2D eigenvalue weighted by Crippen LogP contribution is 2.39. The predicted octanol–water partition coefficient (Wildman–Crippen LogP) is 6.27. The van der Waals surface area contributed by atoms with Crippen LogP contribution in [0.1, 0.15) is 36.3 Å². The number of nitrogens with one attached hydrogen (secondary N) is 1. The Bertz CT molecular complexity index is 1210. The van der Waals surface area contributed by atoms with Crippen molar-refractivity contribution in [2.45, 2.75) is 31.8 Å². The summed E-state index contributed by atoms with van der Waals surface area (Å²) in [6.45, 7) is 1.65. The Labute approximate surface area is 189 Å². The third-order valence-corrected chi connectivity index (χ3v) is 5.21. The van der Waals surface area contributed by atoms with Crippen LogP contribution in [0.4, 0.5) is 32.2 Å². The molecule has 1 aromatic heterocycles. The first kappa shape index (κ1) is 23.5. The van der Waals surface area contributed by atoms with E-state index in [-0.39, 0.29) is 34.0 Å². The number of benzene rings is 2. The topological polar surface area (TPSA) is 64.1 Å². The standard InChI is InChI=1S/C23H17F6N3O2/c1-12(33)34-17-10-11-30-21-20(17)31-18(13-2-6-15(7-3-13)22(24,25)26)19(32-21)14-4-8-16(9-5-14)23(27,28)29/h2-9,17H,10-11H2,1H3,(H,30,32). The van der Waals surface area contributed by atoms with Crippen LogP contribution in [0, 0.1) is 0 Å². The van der Waals surface area contributed by atoms with Gasteiger partial charge in [-0.1, -0.05) is 24.3 Å². The van der Waals surface area contributed by atoms with E-state index in [4.69, 9.17) is 4.74 Å². The molecule has 1 aliphatic heterocycles. The summed E-state index contributed by atoms with van der Waals surface area (Å²) < 4.78 is 83.4. The highest BCUT2D eigenvalue weighted by Gasteiger charge is 2.32. The van der Waals surface area contributed by atoms with Crippen molar-refractivity contribution >= 4 is 11.8 Å². The summed E-state index contributed by atoms with van der Waals surface area (Å²) in [6, 6.07) is 8.42. The van der Waals surface area contributed by atoms with E-state index in [1.165, 1.54) is 31.2 Å². The smallest absolute Gasteiger partial charge is 0.416 e. The molecule has 2 aromatic carbocycles. The molecule has 1 N–H and O–H groups in total. The Morgan fingerprint density at radius 3 is 1.76 bits per heavy atom. The molecule has 3 aromatic rings. The maximum Gasteiger partial charge on any atom is 0.416 e. The Morgan fingerprint density at radius 2 is 1.32 bits per heavy atom. The fraction of sp³-hybridized carbons (Fsp3) is 0.261. The van der Waals surface area contributed by atoms with Gasteiger partial charge in [0.1, 0.15) is 11.8 Å². The molecule has 0 saturated carbocycles. The number of hydrogen-bond acceptors (Lipinski definition) is 5. The zero-order chi connectivity index (χ0) is 24.7. The lowest BCUT2D eigenvalue weighted by Gasteiger charge is -2.26. The van der Waals surface area contributed by atoms with Crippen LogP contribution in [0.15, 0.2) is 48.5 Å². The van der Waals surface area contributed by atoms with Crippen LogP contribution in [-0.4, -0.2) is 22.5 Å². The molecule has 0 fully saturated rings. The summed E-state index contributed by atoms with van der Waals surface area (Å²) in [6.07, 6.45) is -9.40. The van der Waals surface area contributed by atoms with Gasteiger partial charge in [0.25, 0.3) is 0 Å². The van der Waals surface area contributed by atoms with E-state index in [9.17, 15) is 31.1 Å². The lowest BCUT2D eigenvalue weighted by Crippen LogP contribution is -2.23. The third kappa shape index (κ3) is 4.82. The summed E-state index contributed by atoms with van der Waals surface area (Å²) in [5, 5.41) is 3.03. The van der Waals surface area contributed by atoms with E-state index < -0.39 is 35.6 Å². The second-order valence-corrected chi connectivity index (χ2v) is 7.62. The van der Waals surface area contributed by atoms with Gasteiger partial charge in [-0.25, -0.2) is 9.97 Å². The molecule has 1 atom stereocenters. The van der Waals surface area contributed by atoms with E-state index >= 15 is 0 Å².